The van der Waals surface area contributed by atoms with Crippen molar-refractivity contribution in [1.29, 1.82) is 0 Å². The Kier molecular flexibility index (Phi) is 6.02. The Labute approximate surface area is 144 Å². The first-order valence-electron chi connectivity index (χ1n) is 7.05. The molecule has 2 aromatic rings. The van der Waals surface area contributed by atoms with Gasteiger partial charge in [-0.05, 0) is 48.7 Å². The summed E-state index contributed by atoms with van der Waals surface area (Å²) in [5, 5.41) is 6.28. The van der Waals surface area contributed by atoms with Crippen LogP contribution in [0.2, 0.25) is 10.0 Å². The summed E-state index contributed by atoms with van der Waals surface area (Å²) in [6.07, 6.45) is 0.618. The predicted octanol–water partition coefficient (Wildman–Crippen LogP) is 3.60. The van der Waals surface area contributed by atoms with Crippen LogP contribution in [0.25, 0.3) is 0 Å². The first-order valence-corrected chi connectivity index (χ1v) is 7.81. The second-order valence-electron chi connectivity index (χ2n) is 5.05. The summed E-state index contributed by atoms with van der Waals surface area (Å²) in [6.45, 7) is 2.22. The standard InChI is InChI=1S/C17H16Cl2N2O2/c1-11-2-7-14(10-15(11)19)21-17(23)16(22)20-9-8-12-3-5-13(18)6-4-12/h2-7,10H,8-9H2,1H3,(H,20,22)(H,21,23). The highest BCUT2D eigenvalue weighted by molar-refractivity contribution is 6.39. The molecule has 0 unspecified atom stereocenters. The number of anilines is 1. The number of carbonyl (C=O) groups is 2. The Morgan fingerprint density at radius 3 is 2.35 bits per heavy atom. The summed E-state index contributed by atoms with van der Waals surface area (Å²) >= 11 is 11.8. The highest BCUT2D eigenvalue weighted by Crippen LogP contribution is 2.19. The summed E-state index contributed by atoms with van der Waals surface area (Å²) in [5.41, 5.74) is 2.41. The molecule has 2 aromatic carbocycles. The van der Waals surface area contributed by atoms with Crippen LogP contribution in [-0.4, -0.2) is 18.4 Å². The fourth-order valence-corrected chi connectivity index (χ4v) is 2.22. The molecule has 0 aliphatic heterocycles. The molecule has 2 rings (SSSR count). The molecule has 6 heteroatoms. The van der Waals surface area contributed by atoms with Crippen molar-refractivity contribution in [2.24, 2.45) is 0 Å². The van der Waals surface area contributed by atoms with Gasteiger partial charge in [-0.25, -0.2) is 0 Å². The first-order chi connectivity index (χ1) is 11.0. The molecule has 0 heterocycles. The Balaban J connectivity index is 1.81. The third-order valence-electron chi connectivity index (χ3n) is 3.25. The van der Waals surface area contributed by atoms with Crippen LogP contribution in [0.3, 0.4) is 0 Å². The van der Waals surface area contributed by atoms with Crippen molar-refractivity contribution in [2.75, 3.05) is 11.9 Å². The fraction of sp³-hybridized carbons (Fsp3) is 0.176. The van der Waals surface area contributed by atoms with E-state index in [1.54, 1.807) is 30.3 Å². The zero-order valence-corrected chi connectivity index (χ0v) is 14.0. The molecule has 120 valence electrons. The summed E-state index contributed by atoms with van der Waals surface area (Å²) in [6, 6.07) is 12.4. The summed E-state index contributed by atoms with van der Waals surface area (Å²) in [7, 11) is 0. The van der Waals surface area contributed by atoms with Gasteiger partial charge in [-0.1, -0.05) is 41.4 Å². The normalized spacial score (nSPS) is 10.2. The topological polar surface area (TPSA) is 58.2 Å². The van der Waals surface area contributed by atoms with E-state index in [2.05, 4.69) is 10.6 Å². The van der Waals surface area contributed by atoms with Crippen molar-refractivity contribution in [3.8, 4) is 0 Å². The Hall–Kier alpha value is -2.04. The van der Waals surface area contributed by atoms with Gasteiger partial charge in [0.1, 0.15) is 0 Å². The van der Waals surface area contributed by atoms with Crippen LogP contribution in [0.1, 0.15) is 11.1 Å². The lowest BCUT2D eigenvalue weighted by molar-refractivity contribution is -0.136. The Bertz CT molecular complexity index is 715. The van der Waals surface area contributed by atoms with Gasteiger partial charge in [0.2, 0.25) is 0 Å². The lowest BCUT2D eigenvalue weighted by Crippen LogP contribution is -2.36. The monoisotopic (exact) mass is 350 g/mol. The zero-order chi connectivity index (χ0) is 16.8. The molecule has 0 saturated carbocycles. The molecule has 2 amide bonds. The van der Waals surface area contributed by atoms with Gasteiger partial charge in [0.05, 0.1) is 0 Å². The molecule has 23 heavy (non-hydrogen) atoms. The van der Waals surface area contributed by atoms with E-state index in [9.17, 15) is 9.59 Å². The van der Waals surface area contributed by atoms with E-state index in [0.29, 0.717) is 28.7 Å². The molecule has 0 fully saturated rings. The van der Waals surface area contributed by atoms with Crippen LogP contribution < -0.4 is 10.6 Å². The van der Waals surface area contributed by atoms with Gasteiger partial charge in [-0.2, -0.15) is 0 Å². The number of benzene rings is 2. The zero-order valence-electron chi connectivity index (χ0n) is 12.5. The average Bonchev–Trinajstić information content (AvgIpc) is 2.52. The third-order valence-corrected chi connectivity index (χ3v) is 3.91. The Morgan fingerprint density at radius 2 is 1.70 bits per heavy atom. The van der Waals surface area contributed by atoms with Gasteiger partial charge < -0.3 is 10.6 Å². The predicted molar refractivity (Wildman–Crippen MR) is 93.0 cm³/mol. The number of carbonyl (C=O) groups excluding carboxylic acids is 2. The number of hydrogen-bond acceptors (Lipinski definition) is 2. The van der Waals surface area contributed by atoms with E-state index >= 15 is 0 Å². The van der Waals surface area contributed by atoms with Crippen molar-refractivity contribution in [2.45, 2.75) is 13.3 Å². The molecule has 0 aliphatic carbocycles. The minimum absolute atomic E-state index is 0.364. The highest BCUT2D eigenvalue weighted by atomic mass is 35.5. The van der Waals surface area contributed by atoms with Gasteiger partial charge in [-0.15, -0.1) is 0 Å². The lowest BCUT2D eigenvalue weighted by Gasteiger charge is -2.08. The molecule has 2 N–H and O–H groups in total. The number of nitrogens with one attached hydrogen (secondary N) is 2. The second-order valence-corrected chi connectivity index (χ2v) is 5.89. The average molecular weight is 351 g/mol. The third kappa shape index (κ3) is 5.27. The summed E-state index contributed by atoms with van der Waals surface area (Å²) < 4.78 is 0. The van der Waals surface area contributed by atoms with E-state index in [1.807, 2.05) is 19.1 Å². The van der Waals surface area contributed by atoms with Gasteiger partial charge >= 0.3 is 11.8 Å². The molecule has 0 spiro atoms. The highest BCUT2D eigenvalue weighted by Gasteiger charge is 2.13. The van der Waals surface area contributed by atoms with E-state index < -0.39 is 11.8 Å². The molecule has 0 aliphatic rings. The molecule has 4 nitrogen and oxygen atoms in total. The smallest absolute Gasteiger partial charge is 0.313 e. The minimum atomic E-state index is -0.721. The van der Waals surface area contributed by atoms with Crippen molar-refractivity contribution in [3.63, 3.8) is 0 Å². The maximum atomic E-state index is 11.8. The SMILES string of the molecule is Cc1ccc(NC(=O)C(=O)NCCc2ccc(Cl)cc2)cc1Cl. The summed E-state index contributed by atoms with van der Waals surface area (Å²) in [5.74, 6) is -1.41. The van der Waals surface area contributed by atoms with Crippen molar-refractivity contribution in [1.82, 2.24) is 5.32 Å². The van der Waals surface area contributed by atoms with Gasteiger partial charge in [0.25, 0.3) is 0 Å². The molecular formula is C17H16Cl2N2O2. The molecule has 0 saturated heterocycles. The minimum Gasteiger partial charge on any atom is -0.347 e. The van der Waals surface area contributed by atoms with Crippen molar-refractivity contribution >= 4 is 40.7 Å². The number of halogens is 2. The second kappa shape index (κ2) is 7.99. The van der Waals surface area contributed by atoms with E-state index in [-0.39, 0.29) is 0 Å². The van der Waals surface area contributed by atoms with Crippen LogP contribution in [0.15, 0.2) is 42.5 Å². The molecule has 0 radical (unpaired) electrons. The maximum absolute atomic E-state index is 11.8. The van der Waals surface area contributed by atoms with Crippen LogP contribution in [0.5, 0.6) is 0 Å². The largest absolute Gasteiger partial charge is 0.347 e. The molecular weight excluding hydrogens is 335 g/mol. The Morgan fingerprint density at radius 1 is 1.00 bits per heavy atom. The van der Waals surface area contributed by atoms with E-state index in [4.69, 9.17) is 23.2 Å². The molecule has 0 bridgehead atoms. The van der Waals surface area contributed by atoms with Crippen LogP contribution >= 0.6 is 23.2 Å². The summed E-state index contributed by atoms with van der Waals surface area (Å²) in [4.78, 5) is 23.6. The first kappa shape index (κ1) is 17.3. The lowest BCUT2D eigenvalue weighted by atomic mass is 10.1. The molecule has 0 aromatic heterocycles. The van der Waals surface area contributed by atoms with E-state index in [0.717, 1.165) is 11.1 Å². The fourth-order valence-electron chi connectivity index (χ4n) is 1.91. The number of amides is 2. The number of rotatable bonds is 4. The van der Waals surface area contributed by atoms with Gasteiger partial charge in [0.15, 0.2) is 0 Å². The quantitative estimate of drug-likeness (QED) is 0.827. The maximum Gasteiger partial charge on any atom is 0.313 e. The van der Waals surface area contributed by atoms with Gasteiger partial charge in [0, 0.05) is 22.3 Å². The number of aryl methyl sites for hydroxylation is 1. The van der Waals surface area contributed by atoms with Crippen LogP contribution in [0, 0.1) is 6.92 Å². The van der Waals surface area contributed by atoms with Crippen molar-refractivity contribution in [3.05, 3.63) is 63.6 Å². The van der Waals surface area contributed by atoms with Crippen LogP contribution in [0.4, 0.5) is 5.69 Å². The van der Waals surface area contributed by atoms with E-state index in [1.165, 1.54) is 0 Å². The molecule has 0 atom stereocenters. The van der Waals surface area contributed by atoms with Crippen LogP contribution in [-0.2, 0) is 16.0 Å². The van der Waals surface area contributed by atoms with Gasteiger partial charge in [-0.3, -0.25) is 9.59 Å². The van der Waals surface area contributed by atoms with Crippen molar-refractivity contribution < 1.29 is 9.59 Å². The number of hydrogen-bond donors (Lipinski definition) is 2.